The Hall–Kier alpha value is -3.33. The fraction of sp³-hybridized carbons (Fsp3) is 0.381. The van der Waals surface area contributed by atoms with E-state index < -0.39 is 11.9 Å². The second kappa shape index (κ2) is 9.45. The first kappa shape index (κ1) is 23.0. The van der Waals surface area contributed by atoms with Gasteiger partial charge in [-0.25, -0.2) is 14.4 Å². The lowest BCUT2D eigenvalue weighted by atomic mass is 10.0. The van der Waals surface area contributed by atoms with Crippen LogP contribution in [0.25, 0.3) is 10.9 Å². The van der Waals surface area contributed by atoms with Crippen LogP contribution in [0.15, 0.2) is 36.5 Å². The number of hydrogen-bond donors (Lipinski definition) is 4. The molecule has 30 heavy (non-hydrogen) atoms. The molecule has 9 nitrogen and oxygen atoms in total. The zero-order valence-electron chi connectivity index (χ0n) is 17.7. The molecule has 0 bridgehead atoms. The summed E-state index contributed by atoms with van der Waals surface area (Å²) in [5, 5.41) is 19.8. The molecule has 0 spiro atoms. The van der Waals surface area contributed by atoms with Gasteiger partial charge < -0.3 is 25.4 Å². The standard InChI is InChI=1S/C17H24N4O.C4H4O4/c1-5-21(3,4)16-11-18-15-7-6-12(9-14(15)16)8-13-10-19-17(22)20(13)2;5-3(6)1-2-4(7)8/h6-7,9,11,13,18H,5,8,10H2,1-4H3;1-2H,(H,5,6)(H,7,8)/p+1/b;2-1-. The van der Waals surface area contributed by atoms with E-state index in [0.717, 1.165) is 24.0 Å². The zero-order chi connectivity index (χ0) is 22.5. The Kier molecular flexibility index (Phi) is 7.23. The zero-order valence-corrected chi connectivity index (χ0v) is 17.7. The third kappa shape index (κ3) is 5.60. The first-order valence-corrected chi connectivity index (χ1v) is 9.63. The lowest BCUT2D eigenvalue weighted by Gasteiger charge is -2.26. The molecule has 1 fully saturated rings. The molecule has 2 aromatic rings. The highest BCUT2D eigenvalue weighted by Gasteiger charge is 2.27. The Balaban J connectivity index is 0.000000343. The number of hydrogen-bond acceptors (Lipinski definition) is 3. The number of quaternary nitrogens is 1. The van der Waals surface area contributed by atoms with E-state index in [4.69, 9.17) is 10.2 Å². The molecule has 4 N–H and O–H groups in total. The van der Waals surface area contributed by atoms with Crippen LogP contribution in [-0.4, -0.2) is 78.3 Å². The smallest absolute Gasteiger partial charge is 0.328 e. The molecule has 2 amide bonds. The van der Waals surface area contributed by atoms with Crippen LogP contribution in [0.2, 0.25) is 0 Å². The van der Waals surface area contributed by atoms with Gasteiger partial charge in [0, 0.05) is 25.7 Å². The van der Waals surface area contributed by atoms with Crippen molar-refractivity contribution in [3.8, 4) is 0 Å². The molecule has 1 aromatic heterocycles. The quantitative estimate of drug-likeness (QED) is 0.423. The molecule has 2 heterocycles. The van der Waals surface area contributed by atoms with Gasteiger partial charge in [0.05, 0.1) is 43.8 Å². The van der Waals surface area contributed by atoms with Gasteiger partial charge in [-0.2, -0.15) is 0 Å². The number of carboxylic acid groups (broad SMARTS) is 2. The van der Waals surface area contributed by atoms with Crippen molar-refractivity contribution in [3.63, 3.8) is 0 Å². The number of rotatable bonds is 6. The number of nitrogens with zero attached hydrogens (tertiary/aromatic N) is 2. The van der Waals surface area contributed by atoms with Crippen LogP contribution in [-0.2, 0) is 16.0 Å². The number of nitrogens with one attached hydrogen (secondary N) is 2. The van der Waals surface area contributed by atoms with Crippen LogP contribution in [0.4, 0.5) is 10.5 Å². The van der Waals surface area contributed by atoms with E-state index in [9.17, 15) is 14.4 Å². The van der Waals surface area contributed by atoms with Crippen molar-refractivity contribution in [3.05, 3.63) is 42.1 Å². The Morgan fingerprint density at radius 2 is 1.87 bits per heavy atom. The number of urea groups is 1. The number of amides is 2. The number of aromatic nitrogens is 1. The number of likely N-dealkylation sites (N-methyl/N-ethyl adjacent to an activating group) is 1. The normalized spacial score (nSPS) is 16.5. The maximum atomic E-state index is 11.6. The Bertz CT molecular complexity index is 947. The van der Waals surface area contributed by atoms with Crippen LogP contribution in [0.5, 0.6) is 0 Å². The monoisotopic (exact) mass is 417 g/mol. The van der Waals surface area contributed by atoms with E-state index in [1.165, 1.54) is 22.2 Å². The van der Waals surface area contributed by atoms with Crippen molar-refractivity contribution >= 4 is 34.6 Å². The van der Waals surface area contributed by atoms with Gasteiger partial charge in [-0.05, 0) is 31.0 Å². The van der Waals surface area contributed by atoms with Crippen LogP contribution < -0.4 is 9.80 Å². The van der Waals surface area contributed by atoms with E-state index in [1.54, 1.807) is 4.90 Å². The summed E-state index contributed by atoms with van der Waals surface area (Å²) in [7, 11) is 6.32. The number of carbonyl (C=O) groups excluding carboxylic acids is 1. The first-order chi connectivity index (χ1) is 14.0. The molecule has 1 unspecified atom stereocenters. The molecule has 1 saturated heterocycles. The third-order valence-corrected chi connectivity index (χ3v) is 5.36. The molecule has 0 saturated carbocycles. The van der Waals surface area contributed by atoms with Crippen LogP contribution in [0.3, 0.4) is 0 Å². The molecule has 0 radical (unpaired) electrons. The highest BCUT2D eigenvalue weighted by molar-refractivity contribution is 5.92. The van der Waals surface area contributed by atoms with E-state index in [1.807, 2.05) is 7.05 Å². The summed E-state index contributed by atoms with van der Waals surface area (Å²) in [5.74, 6) is -2.51. The minimum Gasteiger partial charge on any atom is -0.478 e. The van der Waals surface area contributed by atoms with Crippen molar-refractivity contribution in [2.75, 3.05) is 34.2 Å². The number of aliphatic carboxylic acids is 2. The summed E-state index contributed by atoms with van der Waals surface area (Å²) >= 11 is 0. The van der Waals surface area contributed by atoms with Gasteiger partial charge >= 0.3 is 18.0 Å². The Morgan fingerprint density at radius 3 is 2.37 bits per heavy atom. The summed E-state index contributed by atoms with van der Waals surface area (Å²) in [6.45, 7) is 3.97. The molecule has 0 aliphatic carbocycles. The molecule has 1 aliphatic heterocycles. The summed E-state index contributed by atoms with van der Waals surface area (Å²) in [4.78, 5) is 35.9. The van der Waals surface area contributed by atoms with Crippen molar-refractivity contribution in [2.24, 2.45) is 0 Å². The average molecular weight is 417 g/mol. The van der Waals surface area contributed by atoms with Crippen LogP contribution >= 0.6 is 0 Å². The predicted molar refractivity (Wildman–Crippen MR) is 116 cm³/mol. The molecule has 1 aliphatic rings. The molecule has 1 atom stereocenters. The highest BCUT2D eigenvalue weighted by atomic mass is 16.4. The minimum absolute atomic E-state index is 0.0252. The molecular weight excluding hydrogens is 388 g/mol. The van der Waals surface area contributed by atoms with Gasteiger partial charge in [0.15, 0.2) is 5.69 Å². The van der Waals surface area contributed by atoms with E-state index >= 15 is 0 Å². The summed E-state index contributed by atoms with van der Waals surface area (Å²) in [5.41, 5.74) is 3.76. The third-order valence-electron chi connectivity index (χ3n) is 5.36. The summed E-state index contributed by atoms with van der Waals surface area (Å²) in [6, 6.07) is 6.84. The van der Waals surface area contributed by atoms with E-state index in [0.29, 0.717) is 12.2 Å². The summed E-state index contributed by atoms with van der Waals surface area (Å²) in [6.07, 6.45) is 4.12. The van der Waals surface area contributed by atoms with Crippen molar-refractivity contribution in [2.45, 2.75) is 19.4 Å². The van der Waals surface area contributed by atoms with E-state index in [2.05, 4.69) is 55.7 Å². The fourth-order valence-corrected chi connectivity index (χ4v) is 3.21. The molecule has 162 valence electrons. The molecule has 9 heteroatoms. The largest absolute Gasteiger partial charge is 0.478 e. The number of aromatic amines is 1. The maximum Gasteiger partial charge on any atom is 0.328 e. The average Bonchev–Trinajstić information content (AvgIpc) is 3.25. The lowest BCUT2D eigenvalue weighted by molar-refractivity contribution is -0.134. The van der Waals surface area contributed by atoms with Gasteiger partial charge in [-0.15, -0.1) is 0 Å². The van der Waals surface area contributed by atoms with Crippen LogP contribution in [0.1, 0.15) is 12.5 Å². The number of carboxylic acids is 2. The number of carbonyl (C=O) groups is 3. The highest BCUT2D eigenvalue weighted by Crippen LogP contribution is 2.30. The second-order valence-electron chi connectivity index (χ2n) is 7.72. The predicted octanol–water partition coefficient (Wildman–Crippen LogP) is 2.03. The number of fused-ring (bicyclic) bond motifs is 1. The summed E-state index contributed by atoms with van der Waals surface area (Å²) < 4.78 is 0.854. The Labute approximate surface area is 175 Å². The van der Waals surface area contributed by atoms with Gasteiger partial charge in [-0.3, -0.25) is 4.48 Å². The first-order valence-electron chi connectivity index (χ1n) is 9.63. The van der Waals surface area contributed by atoms with Crippen LogP contribution in [0, 0.1) is 0 Å². The van der Waals surface area contributed by atoms with Gasteiger partial charge in [0.2, 0.25) is 0 Å². The van der Waals surface area contributed by atoms with Crippen molar-refractivity contribution < 1.29 is 24.6 Å². The number of H-pyrrole nitrogens is 1. The molecular formula is C21H29N4O5+. The maximum absolute atomic E-state index is 11.6. The van der Waals surface area contributed by atoms with Crippen molar-refractivity contribution in [1.29, 1.82) is 0 Å². The van der Waals surface area contributed by atoms with Gasteiger partial charge in [0.1, 0.15) is 0 Å². The molecule has 3 rings (SSSR count). The van der Waals surface area contributed by atoms with Crippen molar-refractivity contribution in [1.82, 2.24) is 19.7 Å². The lowest BCUT2D eigenvalue weighted by Crippen LogP contribution is -2.39. The van der Waals surface area contributed by atoms with Gasteiger partial charge in [-0.1, -0.05) is 6.07 Å². The number of benzene rings is 1. The minimum atomic E-state index is -1.26. The topological polar surface area (TPSA) is 123 Å². The fourth-order valence-electron chi connectivity index (χ4n) is 3.21. The second-order valence-corrected chi connectivity index (χ2v) is 7.72. The van der Waals surface area contributed by atoms with Gasteiger partial charge in [0.25, 0.3) is 0 Å². The van der Waals surface area contributed by atoms with E-state index in [-0.39, 0.29) is 12.1 Å². The Morgan fingerprint density at radius 1 is 1.23 bits per heavy atom. The molecule has 1 aromatic carbocycles. The SMILES string of the molecule is CC[N+](C)(C)c1c[nH]c2ccc(CC3CNC(=O)N3C)cc12.O=C(O)/C=C\C(=O)O.